The third-order valence-electron chi connectivity index (χ3n) is 4.72. The van der Waals surface area contributed by atoms with Crippen LogP contribution in [0.2, 0.25) is 0 Å². The molecule has 2 aromatic rings. The second kappa shape index (κ2) is 8.16. The minimum absolute atomic E-state index is 0.124. The number of benzene rings is 1. The molecular formula is C20H24N4O4. The Bertz CT molecular complexity index is 868. The van der Waals surface area contributed by atoms with Crippen molar-refractivity contribution in [2.45, 2.75) is 6.92 Å². The predicted octanol–water partition coefficient (Wildman–Crippen LogP) is 2.28. The fraction of sp³-hybridized carbons (Fsp3) is 0.350. The van der Waals surface area contributed by atoms with Gasteiger partial charge in [0.1, 0.15) is 0 Å². The number of hydrogen-bond donors (Lipinski definition) is 1. The van der Waals surface area contributed by atoms with Crippen molar-refractivity contribution in [2.24, 2.45) is 0 Å². The van der Waals surface area contributed by atoms with E-state index in [1.54, 1.807) is 48.2 Å². The molecule has 0 spiro atoms. The number of furan rings is 1. The van der Waals surface area contributed by atoms with Crippen LogP contribution < -0.4 is 5.32 Å². The summed E-state index contributed by atoms with van der Waals surface area (Å²) >= 11 is 0. The lowest BCUT2D eigenvalue weighted by Crippen LogP contribution is -2.51. The first-order valence-corrected chi connectivity index (χ1v) is 9.08. The Hall–Kier alpha value is -3.29. The molecule has 0 saturated carbocycles. The molecule has 1 N–H and O–H groups in total. The highest BCUT2D eigenvalue weighted by Crippen LogP contribution is 2.19. The SMILES string of the molecule is Cc1ccc(C(=O)N(C)C)cc1NC(=O)N1CCN(C(=O)c2ccco2)CC1. The second-order valence-corrected chi connectivity index (χ2v) is 6.92. The molecule has 1 saturated heterocycles. The number of rotatable bonds is 3. The minimum Gasteiger partial charge on any atom is -0.459 e. The monoisotopic (exact) mass is 384 g/mol. The fourth-order valence-electron chi connectivity index (χ4n) is 3.01. The van der Waals surface area contributed by atoms with Gasteiger partial charge in [0.25, 0.3) is 11.8 Å². The quantitative estimate of drug-likeness (QED) is 0.880. The van der Waals surface area contributed by atoms with Gasteiger partial charge in [0.2, 0.25) is 0 Å². The van der Waals surface area contributed by atoms with Crippen molar-refractivity contribution in [1.82, 2.24) is 14.7 Å². The van der Waals surface area contributed by atoms with Crippen LogP contribution in [0, 0.1) is 6.92 Å². The number of anilines is 1. The van der Waals surface area contributed by atoms with Crippen molar-refractivity contribution in [3.05, 3.63) is 53.5 Å². The topological polar surface area (TPSA) is 86.1 Å². The molecule has 3 rings (SSSR count). The van der Waals surface area contributed by atoms with Crippen molar-refractivity contribution in [3.63, 3.8) is 0 Å². The van der Waals surface area contributed by atoms with E-state index in [4.69, 9.17) is 4.42 Å². The zero-order chi connectivity index (χ0) is 20.3. The molecule has 2 heterocycles. The normalized spacial score (nSPS) is 14.0. The lowest BCUT2D eigenvalue weighted by atomic mass is 10.1. The number of hydrogen-bond acceptors (Lipinski definition) is 4. The highest BCUT2D eigenvalue weighted by atomic mass is 16.3. The first kappa shape index (κ1) is 19.5. The van der Waals surface area contributed by atoms with Crippen LogP contribution in [-0.4, -0.2) is 72.8 Å². The molecule has 0 atom stereocenters. The highest BCUT2D eigenvalue weighted by molar-refractivity contribution is 5.97. The van der Waals surface area contributed by atoms with Crippen LogP contribution in [0.3, 0.4) is 0 Å². The van der Waals surface area contributed by atoms with Crippen LogP contribution in [0.15, 0.2) is 41.0 Å². The van der Waals surface area contributed by atoms with Gasteiger partial charge in [-0.25, -0.2) is 4.79 Å². The van der Waals surface area contributed by atoms with Crippen LogP contribution in [-0.2, 0) is 0 Å². The summed E-state index contributed by atoms with van der Waals surface area (Å²) in [7, 11) is 3.37. The van der Waals surface area contributed by atoms with E-state index in [0.29, 0.717) is 43.2 Å². The standard InChI is InChI=1S/C20H24N4O4/c1-14-6-7-15(18(25)22(2)3)13-16(14)21-20(27)24-10-8-23(9-11-24)19(26)17-5-4-12-28-17/h4-7,12-13H,8-11H2,1-3H3,(H,21,27). The number of carbonyl (C=O) groups excluding carboxylic acids is 3. The molecule has 1 aromatic carbocycles. The molecule has 148 valence electrons. The van der Waals surface area contributed by atoms with Crippen molar-refractivity contribution < 1.29 is 18.8 Å². The van der Waals surface area contributed by atoms with E-state index in [-0.39, 0.29) is 17.8 Å². The summed E-state index contributed by atoms with van der Waals surface area (Å²) in [5, 5.41) is 2.88. The van der Waals surface area contributed by atoms with Crippen molar-refractivity contribution in [2.75, 3.05) is 45.6 Å². The van der Waals surface area contributed by atoms with Gasteiger partial charge in [-0.3, -0.25) is 9.59 Å². The van der Waals surface area contributed by atoms with Crippen molar-refractivity contribution in [3.8, 4) is 0 Å². The van der Waals surface area contributed by atoms with Crippen LogP contribution in [0.25, 0.3) is 0 Å². The van der Waals surface area contributed by atoms with Gasteiger partial charge in [-0.1, -0.05) is 6.07 Å². The molecular weight excluding hydrogens is 360 g/mol. The van der Waals surface area contributed by atoms with E-state index in [1.807, 2.05) is 13.0 Å². The highest BCUT2D eigenvalue weighted by Gasteiger charge is 2.26. The Kier molecular flexibility index (Phi) is 5.67. The van der Waals surface area contributed by atoms with E-state index in [2.05, 4.69) is 5.32 Å². The maximum absolute atomic E-state index is 12.6. The zero-order valence-electron chi connectivity index (χ0n) is 16.3. The summed E-state index contributed by atoms with van der Waals surface area (Å²) in [5.74, 6) is 0.00672. The number of amides is 4. The Morgan fingerprint density at radius 1 is 1.04 bits per heavy atom. The Morgan fingerprint density at radius 3 is 2.32 bits per heavy atom. The zero-order valence-corrected chi connectivity index (χ0v) is 16.3. The van der Waals surface area contributed by atoms with E-state index in [9.17, 15) is 14.4 Å². The Morgan fingerprint density at radius 2 is 1.71 bits per heavy atom. The first-order valence-electron chi connectivity index (χ1n) is 9.08. The van der Waals surface area contributed by atoms with E-state index in [1.165, 1.54) is 11.2 Å². The minimum atomic E-state index is -0.248. The van der Waals surface area contributed by atoms with Crippen molar-refractivity contribution >= 4 is 23.5 Å². The number of aryl methyl sites for hydroxylation is 1. The average molecular weight is 384 g/mol. The van der Waals surface area contributed by atoms with Gasteiger partial charge in [-0.15, -0.1) is 0 Å². The summed E-state index contributed by atoms with van der Waals surface area (Å²) in [5.41, 5.74) is 1.99. The molecule has 0 unspecified atom stereocenters. The number of piperazine rings is 1. The average Bonchev–Trinajstić information content (AvgIpc) is 3.23. The summed E-state index contributed by atoms with van der Waals surface area (Å²) in [6.45, 7) is 3.59. The van der Waals surface area contributed by atoms with Gasteiger partial charge < -0.3 is 24.4 Å². The largest absolute Gasteiger partial charge is 0.459 e. The molecule has 1 fully saturated rings. The van der Waals surface area contributed by atoms with Crippen LogP contribution in [0.4, 0.5) is 10.5 Å². The first-order chi connectivity index (χ1) is 13.4. The molecule has 8 nitrogen and oxygen atoms in total. The third-order valence-corrected chi connectivity index (χ3v) is 4.72. The van der Waals surface area contributed by atoms with Gasteiger partial charge in [0.05, 0.1) is 6.26 Å². The molecule has 1 aliphatic heterocycles. The van der Waals surface area contributed by atoms with Crippen LogP contribution >= 0.6 is 0 Å². The predicted molar refractivity (Wildman–Crippen MR) is 104 cm³/mol. The molecule has 28 heavy (non-hydrogen) atoms. The number of urea groups is 1. The lowest BCUT2D eigenvalue weighted by Gasteiger charge is -2.34. The van der Waals surface area contributed by atoms with Gasteiger partial charge in [0.15, 0.2) is 5.76 Å². The molecule has 8 heteroatoms. The summed E-state index contributed by atoms with van der Waals surface area (Å²) in [4.78, 5) is 41.9. The van der Waals surface area contributed by atoms with Gasteiger partial charge in [0, 0.05) is 51.5 Å². The van der Waals surface area contributed by atoms with Gasteiger partial charge in [-0.05, 0) is 36.8 Å². The van der Waals surface area contributed by atoms with Crippen LogP contribution in [0.1, 0.15) is 26.5 Å². The van der Waals surface area contributed by atoms with Crippen molar-refractivity contribution in [1.29, 1.82) is 0 Å². The Labute approximate surface area is 163 Å². The second-order valence-electron chi connectivity index (χ2n) is 6.92. The van der Waals surface area contributed by atoms with E-state index < -0.39 is 0 Å². The molecule has 1 aliphatic rings. The maximum Gasteiger partial charge on any atom is 0.321 e. The molecule has 1 aromatic heterocycles. The van der Waals surface area contributed by atoms with Gasteiger partial charge in [-0.2, -0.15) is 0 Å². The lowest BCUT2D eigenvalue weighted by molar-refractivity contribution is 0.0640. The third kappa shape index (κ3) is 4.16. The Balaban J connectivity index is 1.61. The molecule has 4 amide bonds. The maximum atomic E-state index is 12.6. The van der Waals surface area contributed by atoms with Gasteiger partial charge >= 0.3 is 6.03 Å². The van der Waals surface area contributed by atoms with E-state index >= 15 is 0 Å². The summed E-state index contributed by atoms with van der Waals surface area (Å²) < 4.78 is 5.15. The molecule has 0 radical (unpaired) electrons. The van der Waals surface area contributed by atoms with Crippen LogP contribution in [0.5, 0.6) is 0 Å². The molecule has 0 aliphatic carbocycles. The fourth-order valence-corrected chi connectivity index (χ4v) is 3.01. The van der Waals surface area contributed by atoms with E-state index in [0.717, 1.165) is 5.56 Å². The summed E-state index contributed by atoms with van der Waals surface area (Å²) in [6.07, 6.45) is 1.47. The number of nitrogens with zero attached hydrogens (tertiary/aromatic N) is 3. The number of nitrogens with one attached hydrogen (secondary N) is 1. The smallest absolute Gasteiger partial charge is 0.321 e. The summed E-state index contributed by atoms with van der Waals surface area (Å²) in [6, 6.07) is 8.30. The molecule has 0 bridgehead atoms. The number of carbonyl (C=O) groups is 3.